The van der Waals surface area contributed by atoms with E-state index < -0.39 is 5.97 Å². The van der Waals surface area contributed by atoms with Crippen molar-refractivity contribution in [1.29, 1.82) is 0 Å². The zero-order valence-corrected chi connectivity index (χ0v) is 31.7. The van der Waals surface area contributed by atoms with Gasteiger partial charge in [0.1, 0.15) is 0 Å². The number of nitrogens with two attached hydrogens (primary N) is 1. The van der Waals surface area contributed by atoms with Crippen LogP contribution in [0.5, 0.6) is 0 Å². The molecule has 0 atom stereocenters. The third-order valence-electron chi connectivity index (χ3n) is 13.0. The summed E-state index contributed by atoms with van der Waals surface area (Å²) >= 11 is 0. The summed E-state index contributed by atoms with van der Waals surface area (Å²) in [6.45, 7) is 8.63. The van der Waals surface area contributed by atoms with Crippen molar-refractivity contribution in [3.63, 3.8) is 0 Å². The predicted octanol–water partition coefficient (Wildman–Crippen LogP) is 4.47. The number of amides is 2. The van der Waals surface area contributed by atoms with Gasteiger partial charge >= 0.3 is 5.97 Å². The molecule has 0 bridgehead atoms. The Kier molecular flexibility index (Phi) is 10.5. The van der Waals surface area contributed by atoms with Crippen LogP contribution in [0.4, 0.5) is 0 Å². The molecule has 12 nitrogen and oxygen atoms in total. The van der Waals surface area contributed by atoms with E-state index in [4.69, 9.17) is 15.2 Å². The molecule has 0 unspecified atom stereocenters. The van der Waals surface area contributed by atoms with Crippen molar-refractivity contribution in [3.8, 4) is 0 Å². The van der Waals surface area contributed by atoms with Crippen molar-refractivity contribution in [2.24, 2.45) is 25.7 Å². The molecule has 3 saturated heterocycles. The Morgan fingerprint density at radius 1 is 0.667 bits per heavy atom. The summed E-state index contributed by atoms with van der Waals surface area (Å²) in [4.78, 5) is 42.9. The Morgan fingerprint density at radius 2 is 1.13 bits per heavy atom. The SMILES string of the molecule is Cn1c2c(c3cc(C(=O)N4CCC(C(N)=O)CC4)ccc31)CN(C1CCOCC1)CC2.Cn1c2c(c3cc(C(=O)O)ccc31)CN(C1CCOCC1)CC2. The average molecular weight is 739 g/mol. The van der Waals surface area contributed by atoms with Crippen LogP contribution in [-0.4, -0.2) is 111 Å². The molecule has 7 heterocycles. The summed E-state index contributed by atoms with van der Waals surface area (Å²) < 4.78 is 15.6. The molecule has 3 fully saturated rings. The molecular weight excluding hydrogens is 684 g/mol. The Morgan fingerprint density at radius 3 is 1.59 bits per heavy atom. The van der Waals surface area contributed by atoms with Crippen LogP contribution in [0.2, 0.25) is 0 Å². The number of ether oxygens (including phenoxy) is 2. The number of primary amides is 1. The number of hydrogen-bond acceptors (Lipinski definition) is 7. The van der Waals surface area contributed by atoms with Gasteiger partial charge in [-0.2, -0.15) is 0 Å². The molecule has 2 amide bonds. The van der Waals surface area contributed by atoms with Crippen LogP contribution in [0.15, 0.2) is 36.4 Å². The van der Waals surface area contributed by atoms with Crippen LogP contribution in [0, 0.1) is 5.92 Å². The number of nitrogens with zero attached hydrogens (tertiary/aromatic N) is 5. The van der Waals surface area contributed by atoms with E-state index in [9.17, 15) is 19.5 Å². The van der Waals surface area contributed by atoms with Crippen molar-refractivity contribution in [2.75, 3.05) is 52.6 Å². The highest BCUT2D eigenvalue weighted by Crippen LogP contribution is 2.35. The van der Waals surface area contributed by atoms with Gasteiger partial charge < -0.3 is 34.3 Å². The molecule has 9 rings (SSSR count). The maximum Gasteiger partial charge on any atom is 0.335 e. The molecule has 0 saturated carbocycles. The Bertz CT molecular complexity index is 2050. The minimum Gasteiger partial charge on any atom is -0.478 e. The number of rotatable bonds is 5. The van der Waals surface area contributed by atoms with E-state index in [-0.39, 0.29) is 17.7 Å². The molecule has 5 aliphatic heterocycles. The number of carbonyl (C=O) groups excluding carboxylic acids is 2. The number of piperidine rings is 1. The van der Waals surface area contributed by atoms with E-state index in [1.165, 1.54) is 33.4 Å². The second-order valence-corrected chi connectivity index (χ2v) is 15.8. The lowest BCUT2D eigenvalue weighted by atomic mass is 9.95. The van der Waals surface area contributed by atoms with E-state index >= 15 is 0 Å². The highest BCUT2D eigenvalue weighted by Gasteiger charge is 2.31. The van der Waals surface area contributed by atoms with Crippen molar-refractivity contribution in [1.82, 2.24) is 23.8 Å². The molecule has 54 heavy (non-hydrogen) atoms. The standard InChI is InChI=1S/C24H32N4O3.C18H22N2O3/c1-26-21-3-2-17(24(30)27-9-4-16(5-10-27)23(25)29)14-19(21)20-15-28(11-6-22(20)26)18-7-12-31-13-8-18;1-19-16-3-2-12(18(21)22)10-14(16)15-11-20(7-4-17(15)19)13-5-8-23-9-6-13/h2-3,14,16,18H,4-13,15H2,1H3,(H2,25,29);2-3,10,13H,4-9,11H2,1H3,(H,21,22). The fourth-order valence-electron chi connectivity index (χ4n) is 9.74. The molecule has 12 heteroatoms. The summed E-state index contributed by atoms with van der Waals surface area (Å²) in [7, 11) is 4.23. The number of carboxylic acid groups (broad SMARTS) is 1. The second kappa shape index (κ2) is 15.5. The molecule has 4 aromatic rings. The quantitative estimate of drug-likeness (QED) is 0.307. The van der Waals surface area contributed by atoms with Crippen LogP contribution in [-0.2, 0) is 54.3 Å². The fourth-order valence-corrected chi connectivity index (χ4v) is 9.74. The Hall–Kier alpha value is -4.23. The van der Waals surface area contributed by atoms with Crippen molar-refractivity contribution < 1.29 is 29.0 Å². The number of hydrogen-bond donors (Lipinski definition) is 2. The monoisotopic (exact) mass is 738 g/mol. The van der Waals surface area contributed by atoms with E-state index in [2.05, 4.69) is 45.2 Å². The van der Waals surface area contributed by atoms with E-state index in [1.807, 2.05) is 23.1 Å². The number of carbonyl (C=O) groups is 3. The van der Waals surface area contributed by atoms with Gasteiger partial charge in [-0.3, -0.25) is 19.4 Å². The number of aryl methyl sites for hydroxylation is 2. The predicted molar refractivity (Wildman–Crippen MR) is 207 cm³/mol. The van der Waals surface area contributed by atoms with Gasteiger partial charge in [0.2, 0.25) is 5.91 Å². The van der Waals surface area contributed by atoms with Gasteiger partial charge in [0.05, 0.1) is 5.56 Å². The highest BCUT2D eigenvalue weighted by atomic mass is 16.5. The van der Waals surface area contributed by atoms with E-state index in [0.717, 1.165) is 108 Å². The minimum atomic E-state index is -0.860. The third kappa shape index (κ3) is 7.05. The molecule has 288 valence electrons. The van der Waals surface area contributed by atoms with Gasteiger partial charge in [0.25, 0.3) is 5.91 Å². The maximum absolute atomic E-state index is 13.2. The summed E-state index contributed by atoms with van der Waals surface area (Å²) in [5.74, 6) is -1.16. The minimum absolute atomic E-state index is 0.0551. The first-order valence-electron chi connectivity index (χ1n) is 19.8. The Balaban J connectivity index is 0.000000160. The summed E-state index contributed by atoms with van der Waals surface area (Å²) in [5.41, 5.74) is 14.3. The van der Waals surface area contributed by atoms with E-state index in [1.54, 1.807) is 6.07 Å². The third-order valence-corrected chi connectivity index (χ3v) is 13.0. The van der Waals surface area contributed by atoms with Crippen LogP contribution >= 0.6 is 0 Å². The molecule has 5 aliphatic rings. The first kappa shape index (κ1) is 36.7. The number of likely N-dealkylation sites (tertiary alicyclic amines) is 1. The zero-order chi connectivity index (χ0) is 37.5. The number of carboxylic acids is 1. The fraction of sp³-hybridized carbons (Fsp3) is 0.548. The van der Waals surface area contributed by atoms with Crippen LogP contribution in [0.25, 0.3) is 21.8 Å². The van der Waals surface area contributed by atoms with Gasteiger partial charge in [-0.1, -0.05) is 0 Å². The van der Waals surface area contributed by atoms with Crippen LogP contribution in [0.3, 0.4) is 0 Å². The molecule has 3 N–H and O–H groups in total. The smallest absolute Gasteiger partial charge is 0.335 e. The maximum atomic E-state index is 13.2. The summed E-state index contributed by atoms with van der Waals surface area (Å²) in [6, 6.07) is 12.8. The number of benzene rings is 2. The van der Waals surface area contributed by atoms with Crippen molar-refractivity contribution in [3.05, 3.63) is 70.0 Å². The van der Waals surface area contributed by atoms with E-state index in [0.29, 0.717) is 43.6 Å². The molecule has 0 spiro atoms. The summed E-state index contributed by atoms with van der Waals surface area (Å²) in [5, 5.41) is 11.6. The molecule has 2 aromatic heterocycles. The first-order valence-corrected chi connectivity index (χ1v) is 19.8. The normalized spacial score (nSPS) is 20.7. The molecule has 0 radical (unpaired) electrons. The van der Waals surface area contributed by atoms with Gasteiger partial charge in [-0.15, -0.1) is 0 Å². The van der Waals surface area contributed by atoms with Gasteiger partial charge in [0, 0.05) is 149 Å². The van der Waals surface area contributed by atoms with Gasteiger partial charge in [-0.05, 0) is 86.1 Å². The molecule has 0 aliphatic carbocycles. The topological polar surface area (TPSA) is 136 Å². The largest absolute Gasteiger partial charge is 0.478 e. The molecular formula is C42H54N6O6. The van der Waals surface area contributed by atoms with Gasteiger partial charge in [0.15, 0.2) is 0 Å². The zero-order valence-electron chi connectivity index (χ0n) is 31.7. The van der Waals surface area contributed by atoms with Crippen LogP contribution in [0.1, 0.15) is 81.8 Å². The highest BCUT2D eigenvalue weighted by molar-refractivity contribution is 5.99. The van der Waals surface area contributed by atoms with Crippen LogP contribution < -0.4 is 5.73 Å². The lowest BCUT2D eigenvalue weighted by molar-refractivity contribution is -0.123. The average Bonchev–Trinajstić information content (AvgIpc) is 3.66. The van der Waals surface area contributed by atoms with Gasteiger partial charge in [-0.25, -0.2) is 4.79 Å². The lowest BCUT2D eigenvalue weighted by Gasteiger charge is -2.37. The lowest BCUT2D eigenvalue weighted by Crippen LogP contribution is -2.42. The number of aromatic nitrogens is 2. The van der Waals surface area contributed by atoms with Crippen molar-refractivity contribution >= 4 is 39.6 Å². The number of aromatic carboxylic acids is 1. The second-order valence-electron chi connectivity index (χ2n) is 15.8. The van der Waals surface area contributed by atoms with Crippen molar-refractivity contribution in [2.45, 2.75) is 76.5 Å². The summed E-state index contributed by atoms with van der Waals surface area (Å²) in [6.07, 6.45) is 7.79. The Labute approximate surface area is 316 Å². The molecule has 2 aromatic carbocycles. The number of fused-ring (bicyclic) bond motifs is 6. The first-order chi connectivity index (χ1) is 26.2.